The SMILES string of the molecule is O=C(O)c1cc(Nc2cccc(I)c2)ccn1. The summed E-state index contributed by atoms with van der Waals surface area (Å²) >= 11 is 2.22. The standard InChI is InChI=1S/C12H9IN2O2/c13-8-2-1-3-9(6-8)15-10-4-5-14-11(7-10)12(16)17/h1-7H,(H,14,15)(H,16,17). The highest BCUT2D eigenvalue weighted by molar-refractivity contribution is 14.1. The van der Waals surface area contributed by atoms with E-state index in [0.29, 0.717) is 5.69 Å². The van der Waals surface area contributed by atoms with Gasteiger partial charge in [0.05, 0.1) is 0 Å². The van der Waals surface area contributed by atoms with E-state index in [2.05, 4.69) is 32.9 Å². The molecule has 1 heterocycles. The van der Waals surface area contributed by atoms with Crippen molar-refractivity contribution in [2.24, 2.45) is 0 Å². The number of hydrogen-bond acceptors (Lipinski definition) is 3. The van der Waals surface area contributed by atoms with E-state index in [0.717, 1.165) is 9.26 Å². The number of nitrogens with one attached hydrogen (secondary N) is 1. The van der Waals surface area contributed by atoms with Gasteiger partial charge in [0, 0.05) is 21.1 Å². The Balaban J connectivity index is 2.24. The molecule has 0 atom stereocenters. The zero-order valence-electron chi connectivity index (χ0n) is 8.72. The van der Waals surface area contributed by atoms with Gasteiger partial charge in [0.1, 0.15) is 5.69 Å². The third kappa shape index (κ3) is 3.16. The highest BCUT2D eigenvalue weighted by atomic mass is 127. The average molecular weight is 340 g/mol. The van der Waals surface area contributed by atoms with Crippen molar-refractivity contribution in [1.82, 2.24) is 4.98 Å². The third-order valence-corrected chi connectivity index (χ3v) is 2.76. The van der Waals surface area contributed by atoms with Gasteiger partial charge in [-0.2, -0.15) is 0 Å². The molecule has 0 fully saturated rings. The zero-order valence-corrected chi connectivity index (χ0v) is 10.9. The minimum Gasteiger partial charge on any atom is -0.477 e. The molecule has 0 unspecified atom stereocenters. The van der Waals surface area contributed by atoms with E-state index in [1.165, 1.54) is 12.3 Å². The number of aromatic nitrogens is 1. The summed E-state index contributed by atoms with van der Waals surface area (Å²) in [6.07, 6.45) is 1.47. The van der Waals surface area contributed by atoms with Crippen LogP contribution in [0.5, 0.6) is 0 Å². The molecule has 1 aromatic carbocycles. The molecule has 0 spiro atoms. The van der Waals surface area contributed by atoms with Gasteiger partial charge in [-0.15, -0.1) is 0 Å². The van der Waals surface area contributed by atoms with Crippen LogP contribution in [0.1, 0.15) is 10.5 Å². The highest BCUT2D eigenvalue weighted by Gasteiger charge is 2.04. The monoisotopic (exact) mass is 340 g/mol. The minimum atomic E-state index is -1.03. The quantitative estimate of drug-likeness (QED) is 0.843. The molecule has 1 aromatic heterocycles. The van der Waals surface area contributed by atoms with Crippen molar-refractivity contribution in [3.8, 4) is 0 Å². The molecule has 0 aliphatic heterocycles. The molecular formula is C12H9IN2O2. The molecule has 2 rings (SSSR count). The molecule has 0 radical (unpaired) electrons. The lowest BCUT2D eigenvalue weighted by Crippen LogP contribution is -2.01. The van der Waals surface area contributed by atoms with Crippen molar-refractivity contribution >= 4 is 39.9 Å². The summed E-state index contributed by atoms with van der Waals surface area (Å²) in [5, 5.41) is 12.0. The molecule has 5 heteroatoms. The second-order valence-corrected chi connectivity index (χ2v) is 4.62. The second kappa shape index (κ2) is 5.13. The Hall–Kier alpha value is -1.63. The van der Waals surface area contributed by atoms with Gasteiger partial charge in [0.15, 0.2) is 0 Å². The highest BCUT2D eigenvalue weighted by Crippen LogP contribution is 2.18. The normalized spacial score (nSPS) is 9.94. The van der Waals surface area contributed by atoms with Crippen LogP contribution < -0.4 is 5.32 Å². The lowest BCUT2D eigenvalue weighted by Gasteiger charge is -2.06. The maximum Gasteiger partial charge on any atom is 0.354 e. The fourth-order valence-electron chi connectivity index (χ4n) is 1.36. The third-order valence-electron chi connectivity index (χ3n) is 2.09. The molecule has 0 amide bonds. The number of carboxylic acids is 1. The van der Waals surface area contributed by atoms with E-state index < -0.39 is 5.97 Å². The molecule has 0 saturated heterocycles. The maximum absolute atomic E-state index is 10.8. The summed E-state index contributed by atoms with van der Waals surface area (Å²) in [6, 6.07) is 11.0. The number of aromatic carboxylic acids is 1. The Labute approximate surface area is 112 Å². The molecule has 0 saturated carbocycles. The van der Waals surface area contributed by atoms with Gasteiger partial charge >= 0.3 is 5.97 Å². The predicted octanol–water partition coefficient (Wildman–Crippen LogP) is 3.13. The summed E-state index contributed by atoms with van der Waals surface area (Å²) in [5.74, 6) is -1.03. The number of rotatable bonds is 3. The number of benzene rings is 1. The average Bonchev–Trinajstić information content (AvgIpc) is 2.29. The summed E-state index contributed by atoms with van der Waals surface area (Å²) in [7, 11) is 0. The van der Waals surface area contributed by atoms with E-state index in [4.69, 9.17) is 5.11 Å². The Bertz CT molecular complexity index is 558. The van der Waals surface area contributed by atoms with Crippen molar-refractivity contribution in [2.45, 2.75) is 0 Å². The first-order chi connectivity index (χ1) is 8.15. The molecule has 2 N–H and O–H groups in total. The summed E-state index contributed by atoms with van der Waals surface area (Å²) in [6.45, 7) is 0. The molecule has 0 aliphatic carbocycles. The fourth-order valence-corrected chi connectivity index (χ4v) is 1.90. The Morgan fingerprint density at radius 3 is 2.71 bits per heavy atom. The van der Waals surface area contributed by atoms with Gasteiger partial charge in [-0.3, -0.25) is 0 Å². The van der Waals surface area contributed by atoms with Gasteiger partial charge < -0.3 is 10.4 Å². The van der Waals surface area contributed by atoms with Crippen molar-refractivity contribution in [1.29, 1.82) is 0 Å². The lowest BCUT2D eigenvalue weighted by atomic mass is 10.3. The van der Waals surface area contributed by atoms with Crippen LogP contribution >= 0.6 is 22.6 Å². The van der Waals surface area contributed by atoms with Gasteiger partial charge in [0.25, 0.3) is 0 Å². The number of halogens is 1. The van der Waals surface area contributed by atoms with E-state index >= 15 is 0 Å². The Morgan fingerprint density at radius 1 is 1.24 bits per heavy atom. The topological polar surface area (TPSA) is 62.2 Å². The summed E-state index contributed by atoms with van der Waals surface area (Å²) < 4.78 is 1.11. The number of pyridine rings is 1. The van der Waals surface area contributed by atoms with Crippen molar-refractivity contribution in [3.05, 3.63) is 51.9 Å². The Morgan fingerprint density at radius 2 is 2.00 bits per heavy atom. The fraction of sp³-hybridized carbons (Fsp3) is 0. The van der Waals surface area contributed by atoms with Crippen LogP contribution in [0.2, 0.25) is 0 Å². The number of carboxylic acid groups (broad SMARTS) is 1. The van der Waals surface area contributed by atoms with Crippen molar-refractivity contribution < 1.29 is 9.90 Å². The smallest absolute Gasteiger partial charge is 0.354 e. The van der Waals surface area contributed by atoms with E-state index in [1.54, 1.807) is 6.07 Å². The number of carbonyl (C=O) groups is 1. The van der Waals surface area contributed by atoms with Crippen LogP contribution in [0.25, 0.3) is 0 Å². The van der Waals surface area contributed by atoms with E-state index in [9.17, 15) is 4.79 Å². The first-order valence-electron chi connectivity index (χ1n) is 4.87. The second-order valence-electron chi connectivity index (χ2n) is 3.37. The molecule has 2 aromatic rings. The molecule has 86 valence electrons. The molecule has 0 aliphatic rings. The van der Waals surface area contributed by atoms with E-state index in [-0.39, 0.29) is 5.69 Å². The molecule has 17 heavy (non-hydrogen) atoms. The minimum absolute atomic E-state index is 0.0284. The number of anilines is 2. The zero-order chi connectivity index (χ0) is 12.3. The maximum atomic E-state index is 10.8. The van der Waals surface area contributed by atoms with Crippen LogP contribution in [0, 0.1) is 3.57 Å². The van der Waals surface area contributed by atoms with Gasteiger partial charge in [-0.25, -0.2) is 9.78 Å². The van der Waals surface area contributed by atoms with Gasteiger partial charge in [-0.05, 0) is 52.9 Å². The Kier molecular flexibility index (Phi) is 3.58. The number of nitrogens with zero attached hydrogens (tertiary/aromatic N) is 1. The van der Waals surface area contributed by atoms with Crippen molar-refractivity contribution in [3.63, 3.8) is 0 Å². The van der Waals surface area contributed by atoms with Gasteiger partial charge in [-0.1, -0.05) is 6.07 Å². The number of hydrogen-bond donors (Lipinski definition) is 2. The van der Waals surface area contributed by atoms with Crippen LogP contribution in [-0.4, -0.2) is 16.1 Å². The van der Waals surface area contributed by atoms with Crippen molar-refractivity contribution in [2.75, 3.05) is 5.32 Å². The first-order valence-corrected chi connectivity index (χ1v) is 5.95. The molecular weight excluding hydrogens is 331 g/mol. The largest absolute Gasteiger partial charge is 0.477 e. The summed E-state index contributed by atoms with van der Waals surface area (Å²) in [5.41, 5.74) is 1.65. The molecule has 0 bridgehead atoms. The van der Waals surface area contributed by atoms with E-state index in [1.807, 2.05) is 24.3 Å². The van der Waals surface area contributed by atoms with Crippen LogP contribution in [-0.2, 0) is 0 Å². The van der Waals surface area contributed by atoms with Crippen LogP contribution in [0.15, 0.2) is 42.6 Å². The van der Waals surface area contributed by atoms with Crippen LogP contribution in [0.3, 0.4) is 0 Å². The van der Waals surface area contributed by atoms with Gasteiger partial charge in [0.2, 0.25) is 0 Å². The first kappa shape index (κ1) is 11.8. The van der Waals surface area contributed by atoms with Crippen LogP contribution in [0.4, 0.5) is 11.4 Å². The lowest BCUT2D eigenvalue weighted by molar-refractivity contribution is 0.0690. The summed E-state index contributed by atoms with van der Waals surface area (Å²) in [4.78, 5) is 14.5. The molecule has 4 nitrogen and oxygen atoms in total. The predicted molar refractivity (Wildman–Crippen MR) is 73.6 cm³/mol.